The molecule has 0 spiro atoms. The molecular formula is C16H16N2O3. The lowest BCUT2D eigenvalue weighted by atomic mass is 10.1. The number of carbonyl (C=O) groups excluding carboxylic acids is 1. The van der Waals surface area contributed by atoms with Gasteiger partial charge in [-0.05, 0) is 35.4 Å². The highest BCUT2D eigenvalue weighted by molar-refractivity contribution is 6.04. The number of anilines is 1. The van der Waals surface area contributed by atoms with Gasteiger partial charge in [-0.3, -0.25) is 9.59 Å². The molecule has 2 aromatic carbocycles. The van der Waals surface area contributed by atoms with Gasteiger partial charge in [-0.2, -0.15) is 0 Å². The minimum atomic E-state index is -0.883. The molecular weight excluding hydrogens is 268 g/mol. The molecule has 0 saturated heterocycles. The molecule has 0 saturated carbocycles. The van der Waals surface area contributed by atoms with Crippen LogP contribution in [0.3, 0.4) is 0 Å². The smallest absolute Gasteiger partial charge is 0.307 e. The van der Waals surface area contributed by atoms with Crippen LogP contribution in [-0.2, 0) is 17.8 Å². The first-order chi connectivity index (χ1) is 10.1. The van der Waals surface area contributed by atoms with Crippen molar-refractivity contribution in [2.24, 2.45) is 5.73 Å². The molecule has 0 aliphatic carbocycles. The van der Waals surface area contributed by atoms with Gasteiger partial charge in [0.2, 0.25) is 0 Å². The SMILES string of the molecule is NCc1ccc(C(=O)Nc2ccc(CC(=O)O)cc2)cc1. The minimum absolute atomic E-state index is 0.0330. The van der Waals surface area contributed by atoms with E-state index in [9.17, 15) is 9.59 Å². The summed E-state index contributed by atoms with van der Waals surface area (Å²) in [6, 6.07) is 13.8. The highest BCUT2D eigenvalue weighted by Gasteiger charge is 2.06. The maximum atomic E-state index is 12.0. The number of amides is 1. The fraction of sp³-hybridized carbons (Fsp3) is 0.125. The predicted molar refractivity (Wildman–Crippen MR) is 80.1 cm³/mol. The Morgan fingerprint density at radius 1 is 0.952 bits per heavy atom. The summed E-state index contributed by atoms with van der Waals surface area (Å²) in [5.41, 5.74) is 8.32. The van der Waals surface area contributed by atoms with E-state index < -0.39 is 5.97 Å². The van der Waals surface area contributed by atoms with Crippen LogP contribution in [0, 0.1) is 0 Å². The van der Waals surface area contributed by atoms with Gasteiger partial charge >= 0.3 is 5.97 Å². The van der Waals surface area contributed by atoms with Crippen molar-refractivity contribution in [1.29, 1.82) is 0 Å². The summed E-state index contributed by atoms with van der Waals surface area (Å²) in [5, 5.41) is 11.5. The maximum Gasteiger partial charge on any atom is 0.307 e. The van der Waals surface area contributed by atoms with E-state index in [-0.39, 0.29) is 12.3 Å². The van der Waals surface area contributed by atoms with Crippen molar-refractivity contribution in [1.82, 2.24) is 0 Å². The third kappa shape index (κ3) is 4.15. The summed E-state index contributed by atoms with van der Waals surface area (Å²) in [4.78, 5) is 22.6. The molecule has 0 aliphatic heterocycles. The zero-order valence-corrected chi connectivity index (χ0v) is 11.4. The van der Waals surface area contributed by atoms with Crippen LogP contribution >= 0.6 is 0 Å². The molecule has 4 N–H and O–H groups in total. The number of benzene rings is 2. The average molecular weight is 284 g/mol. The number of nitrogens with one attached hydrogen (secondary N) is 1. The molecule has 2 rings (SSSR count). The molecule has 0 atom stereocenters. The van der Waals surface area contributed by atoms with Crippen LogP contribution in [-0.4, -0.2) is 17.0 Å². The van der Waals surface area contributed by atoms with Gasteiger partial charge < -0.3 is 16.2 Å². The molecule has 0 aromatic heterocycles. The predicted octanol–water partition coefficient (Wildman–Crippen LogP) is 2.02. The molecule has 5 heteroatoms. The maximum absolute atomic E-state index is 12.0. The Kier molecular flexibility index (Phi) is 4.68. The molecule has 2 aromatic rings. The summed E-state index contributed by atoms with van der Waals surface area (Å²) in [7, 11) is 0. The summed E-state index contributed by atoms with van der Waals surface area (Å²) < 4.78 is 0. The van der Waals surface area contributed by atoms with Gasteiger partial charge in [0.1, 0.15) is 0 Å². The molecule has 0 fully saturated rings. The van der Waals surface area contributed by atoms with Crippen molar-refractivity contribution >= 4 is 17.6 Å². The van der Waals surface area contributed by atoms with Crippen molar-refractivity contribution in [2.45, 2.75) is 13.0 Å². The van der Waals surface area contributed by atoms with Crippen LogP contribution < -0.4 is 11.1 Å². The summed E-state index contributed by atoms with van der Waals surface area (Å²) >= 11 is 0. The topological polar surface area (TPSA) is 92.4 Å². The quantitative estimate of drug-likeness (QED) is 0.783. The van der Waals surface area contributed by atoms with E-state index in [1.807, 2.05) is 12.1 Å². The molecule has 0 heterocycles. The van der Waals surface area contributed by atoms with Gasteiger partial charge in [0, 0.05) is 17.8 Å². The zero-order chi connectivity index (χ0) is 15.2. The summed E-state index contributed by atoms with van der Waals surface area (Å²) in [6.07, 6.45) is -0.0330. The van der Waals surface area contributed by atoms with Crippen LogP contribution in [0.25, 0.3) is 0 Å². The molecule has 0 bridgehead atoms. The molecule has 21 heavy (non-hydrogen) atoms. The highest BCUT2D eigenvalue weighted by atomic mass is 16.4. The van der Waals surface area contributed by atoms with Crippen LogP contribution in [0.4, 0.5) is 5.69 Å². The lowest BCUT2D eigenvalue weighted by molar-refractivity contribution is -0.136. The van der Waals surface area contributed by atoms with E-state index in [4.69, 9.17) is 10.8 Å². The Hall–Kier alpha value is -2.66. The van der Waals surface area contributed by atoms with Crippen molar-refractivity contribution in [2.75, 3.05) is 5.32 Å². The third-order valence-corrected chi connectivity index (χ3v) is 3.02. The normalized spacial score (nSPS) is 10.1. The van der Waals surface area contributed by atoms with Crippen LogP contribution in [0.1, 0.15) is 21.5 Å². The van der Waals surface area contributed by atoms with E-state index in [1.165, 1.54) is 0 Å². The number of carboxylic acid groups (broad SMARTS) is 1. The van der Waals surface area contributed by atoms with E-state index >= 15 is 0 Å². The molecule has 1 amide bonds. The number of hydrogen-bond donors (Lipinski definition) is 3. The Bertz CT molecular complexity index is 634. The van der Waals surface area contributed by atoms with Crippen molar-refractivity contribution in [3.8, 4) is 0 Å². The fourth-order valence-corrected chi connectivity index (χ4v) is 1.88. The number of rotatable bonds is 5. The number of carboxylic acids is 1. The number of carbonyl (C=O) groups is 2. The first kappa shape index (κ1) is 14.7. The second-order valence-electron chi connectivity index (χ2n) is 4.62. The standard InChI is InChI=1S/C16H16N2O3/c17-10-12-1-5-13(6-2-12)16(21)18-14-7-3-11(4-8-14)9-15(19)20/h1-8H,9-10,17H2,(H,18,21)(H,19,20). The number of hydrogen-bond acceptors (Lipinski definition) is 3. The van der Waals surface area contributed by atoms with Gasteiger partial charge in [0.25, 0.3) is 5.91 Å². The average Bonchev–Trinajstić information content (AvgIpc) is 2.49. The van der Waals surface area contributed by atoms with E-state index in [0.29, 0.717) is 23.4 Å². The second kappa shape index (κ2) is 6.67. The van der Waals surface area contributed by atoms with Crippen LogP contribution in [0.2, 0.25) is 0 Å². The molecule has 108 valence electrons. The lowest BCUT2D eigenvalue weighted by Crippen LogP contribution is -2.12. The van der Waals surface area contributed by atoms with Crippen LogP contribution in [0.15, 0.2) is 48.5 Å². The fourth-order valence-electron chi connectivity index (χ4n) is 1.88. The van der Waals surface area contributed by atoms with Crippen molar-refractivity contribution in [3.05, 3.63) is 65.2 Å². The van der Waals surface area contributed by atoms with E-state index in [1.54, 1.807) is 36.4 Å². The third-order valence-electron chi connectivity index (χ3n) is 3.02. The van der Waals surface area contributed by atoms with Crippen molar-refractivity contribution in [3.63, 3.8) is 0 Å². The van der Waals surface area contributed by atoms with Gasteiger partial charge in [0.15, 0.2) is 0 Å². The summed E-state index contributed by atoms with van der Waals surface area (Å²) in [6.45, 7) is 0.437. The van der Waals surface area contributed by atoms with Gasteiger partial charge in [-0.15, -0.1) is 0 Å². The Balaban J connectivity index is 2.03. The Morgan fingerprint density at radius 3 is 2.05 bits per heavy atom. The summed E-state index contributed by atoms with van der Waals surface area (Å²) in [5.74, 6) is -1.10. The molecule has 0 aliphatic rings. The van der Waals surface area contributed by atoms with E-state index in [0.717, 1.165) is 5.56 Å². The molecule has 0 radical (unpaired) electrons. The monoisotopic (exact) mass is 284 g/mol. The second-order valence-corrected chi connectivity index (χ2v) is 4.62. The highest BCUT2D eigenvalue weighted by Crippen LogP contribution is 2.12. The number of nitrogens with two attached hydrogens (primary N) is 1. The molecule has 5 nitrogen and oxygen atoms in total. The first-order valence-electron chi connectivity index (χ1n) is 6.49. The van der Waals surface area contributed by atoms with E-state index in [2.05, 4.69) is 5.32 Å². The lowest BCUT2D eigenvalue weighted by Gasteiger charge is -2.06. The Labute approximate surface area is 122 Å². The van der Waals surface area contributed by atoms with Crippen molar-refractivity contribution < 1.29 is 14.7 Å². The zero-order valence-electron chi connectivity index (χ0n) is 11.4. The Morgan fingerprint density at radius 2 is 1.52 bits per heavy atom. The van der Waals surface area contributed by atoms with Gasteiger partial charge in [0.05, 0.1) is 6.42 Å². The molecule has 0 unspecified atom stereocenters. The number of aliphatic carboxylic acids is 1. The largest absolute Gasteiger partial charge is 0.481 e. The van der Waals surface area contributed by atoms with Gasteiger partial charge in [-0.25, -0.2) is 0 Å². The minimum Gasteiger partial charge on any atom is -0.481 e. The first-order valence-corrected chi connectivity index (χ1v) is 6.49. The van der Waals surface area contributed by atoms with Crippen LogP contribution in [0.5, 0.6) is 0 Å². The van der Waals surface area contributed by atoms with Gasteiger partial charge in [-0.1, -0.05) is 24.3 Å².